The summed E-state index contributed by atoms with van der Waals surface area (Å²) in [6.07, 6.45) is 1.40. The number of benzene rings is 1. The van der Waals surface area contributed by atoms with Gasteiger partial charge in [0, 0.05) is 11.7 Å². The maximum atomic E-state index is 12.0. The van der Waals surface area contributed by atoms with Crippen molar-refractivity contribution in [1.29, 1.82) is 0 Å². The van der Waals surface area contributed by atoms with Gasteiger partial charge < -0.3 is 5.32 Å². The predicted molar refractivity (Wildman–Crippen MR) is 73.3 cm³/mol. The maximum Gasteiger partial charge on any atom is 0.278 e. The van der Waals surface area contributed by atoms with Crippen molar-refractivity contribution in [3.8, 4) is 0 Å². The van der Waals surface area contributed by atoms with Crippen molar-refractivity contribution >= 4 is 15.7 Å². The monoisotopic (exact) mass is 280 g/mol. The van der Waals surface area contributed by atoms with E-state index in [2.05, 4.69) is 20.2 Å². The number of aromatic amines is 1. The van der Waals surface area contributed by atoms with Crippen LogP contribution in [0.3, 0.4) is 0 Å². The van der Waals surface area contributed by atoms with Gasteiger partial charge in [0.25, 0.3) is 10.0 Å². The van der Waals surface area contributed by atoms with Gasteiger partial charge in [-0.25, -0.2) is 0 Å². The zero-order valence-corrected chi connectivity index (χ0v) is 11.5. The minimum atomic E-state index is -3.61. The lowest BCUT2D eigenvalue weighted by molar-refractivity contribution is 0.597. The van der Waals surface area contributed by atoms with E-state index in [1.165, 1.54) is 12.3 Å². The number of hydrogen-bond donors (Lipinski definition) is 3. The van der Waals surface area contributed by atoms with Crippen LogP contribution in [-0.2, 0) is 10.0 Å². The van der Waals surface area contributed by atoms with Gasteiger partial charge in [0.05, 0.1) is 6.20 Å². The fraction of sp³-hybridized carbons (Fsp3) is 0.250. The fourth-order valence-corrected chi connectivity index (χ4v) is 2.60. The Labute approximate surface area is 112 Å². The largest absolute Gasteiger partial charge is 0.313 e. The molecular formula is C12H16N4O2S. The molecule has 2 aromatic rings. The molecule has 2 rings (SSSR count). The molecule has 0 fully saturated rings. The van der Waals surface area contributed by atoms with E-state index < -0.39 is 10.0 Å². The standard InChI is InChI=1S/C12H16N4O2S/c1-9(13-2)10-4-3-5-11(8-10)16-19(17,18)12-6-7-14-15-12/h3-9,13,16H,1-2H3,(H,14,15). The molecule has 7 heteroatoms. The van der Waals surface area contributed by atoms with Crippen molar-refractivity contribution in [3.63, 3.8) is 0 Å². The number of sulfonamides is 1. The van der Waals surface area contributed by atoms with Crippen LogP contribution in [0.2, 0.25) is 0 Å². The molecule has 0 saturated heterocycles. The van der Waals surface area contributed by atoms with E-state index >= 15 is 0 Å². The molecule has 0 saturated carbocycles. The molecule has 102 valence electrons. The average molecular weight is 280 g/mol. The molecule has 1 aromatic heterocycles. The summed E-state index contributed by atoms with van der Waals surface area (Å²) < 4.78 is 26.5. The summed E-state index contributed by atoms with van der Waals surface area (Å²) in [5.74, 6) is 0. The zero-order chi connectivity index (χ0) is 13.9. The minimum Gasteiger partial charge on any atom is -0.313 e. The minimum absolute atomic E-state index is 0.0413. The summed E-state index contributed by atoms with van der Waals surface area (Å²) in [4.78, 5) is 0. The number of nitrogens with zero attached hydrogens (tertiary/aromatic N) is 1. The molecule has 1 unspecified atom stereocenters. The summed E-state index contributed by atoms with van der Waals surface area (Å²) in [6.45, 7) is 2.00. The van der Waals surface area contributed by atoms with Gasteiger partial charge >= 0.3 is 0 Å². The Morgan fingerprint density at radius 2 is 2.11 bits per heavy atom. The van der Waals surface area contributed by atoms with E-state index in [-0.39, 0.29) is 11.1 Å². The SMILES string of the molecule is CNC(C)c1cccc(NS(=O)(=O)c2ccn[nH]2)c1. The molecule has 0 bridgehead atoms. The van der Waals surface area contributed by atoms with Crippen LogP contribution < -0.4 is 10.0 Å². The molecule has 1 atom stereocenters. The van der Waals surface area contributed by atoms with Crippen LogP contribution in [0.1, 0.15) is 18.5 Å². The Morgan fingerprint density at radius 3 is 2.74 bits per heavy atom. The first-order valence-electron chi connectivity index (χ1n) is 5.82. The predicted octanol–water partition coefficient (Wildman–Crippen LogP) is 1.49. The van der Waals surface area contributed by atoms with Gasteiger partial charge in [0.15, 0.2) is 5.03 Å². The van der Waals surface area contributed by atoms with Gasteiger partial charge in [-0.2, -0.15) is 13.5 Å². The number of H-pyrrole nitrogens is 1. The van der Waals surface area contributed by atoms with Gasteiger partial charge in [-0.05, 0) is 37.7 Å². The normalized spacial score (nSPS) is 13.2. The third kappa shape index (κ3) is 3.12. The van der Waals surface area contributed by atoms with Crippen molar-refractivity contribution in [3.05, 3.63) is 42.1 Å². The van der Waals surface area contributed by atoms with Gasteiger partial charge in [-0.15, -0.1) is 0 Å². The number of rotatable bonds is 5. The van der Waals surface area contributed by atoms with Crippen molar-refractivity contribution in [2.45, 2.75) is 18.0 Å². The fourth-order valence-electron chi connectivity index (χ4n) is 1.64. The molecular weight excluding hydrogens is 264 g/mol. The molecule has 6 nitrogen and oxygen atoms in total. The molecule has 3 N–H and O–H groups in total. The van der Waals surface area contributed by atoms with Crippen LogP contribution in [0.4, 0.5) is 5.69 Å². The van der Waals surface area contributed by atoms with Crippen molar-refractivity contribution in [2.75, 3.05) is 11.8 Å². The average Bonchev–Trinajstić information content (AvgIpc) is 2.92. The lowest BCUT2D eigenvalue weighted by Gasteiger charge is -2.12. The number of anilines is 1. The van der Waals surface area contributed by atoms with E-state index in [0.717, 1.165) is 5.56 Å². The first-order valence-corrected chi connectivity index (χ1v) is 7.30. The molecule has 0 amide bonds. The van der Waals surface area contributed by atoms with Crippen molar-refractivity contribution in [1.82, 2.24) is 15.5 Å². The van der Waals surface area contributed by atoms with E-state index in [1.54, 1.807) is 12.1 Å². The van der Waals surface area contributed by atoms with Crippen LogP contribution in [-0.4, -0.2) is 25.7 Å². The van der Waals surface area contributed by atoms with Crippen molar-refractivity contribution in [2.24, 2.45) is 0 Å². The number of nitrogens with one attached hydrogen (secondary N) is 3. The van der Waals surface area contributed by atoms with Crippen LogP contribution in [0.5, 0.6) is 0 Å². The highest BCUT2D eigenvalue weighted by Crippen LogP contribution is 2.19. The summed E-state index contributed by atoms with van der Waals surface area (Å²) in [6, 6.07) is 8.82. The summed E-state index contributed by atoms with van der Waals surface area (Å²) in [5, 5.41) is 9.22. The second-order valence-corrected chi connectivity index (χ2v) is 5.81. The third-order valence-electron chi connectivity index (χ3n) is 2.84. The van der Waals surface area contributed by atoms with Gasteiger partial charge in [-0.1, -0.05) is 12.1 Å². The van der Waals surface area contributed by atoms with E-state index in [0.29, 0.717) is 5.69 Å². The molecule has 0 aliphatic heterocycles. The van der Waals surface area contributed by atoms with E-state index in [1.807, 2.05) is 26.1 Å². The highest BCUT2D eigenvalue weighted by molar-refractivity contribution is 7.92. The van der Waals surface area contributed by atoms with Crippen LogP contribution in [0.15, 0.2) is 41.6 Å². The Kier molecular flexibility index (Phi) is 3.87. The Balaban J connectivity index is 2.25. The topological polar surface area (TPSA) is 86.9 Å². The first kappa shape index (κ1) is 13.6. The van der Waals surface area contributed by atoms with Crippen LogP contribution in [0.25, 0.3) is 0 Å². The summed E-state index contributed by atoms with van der Waals surface area (Å²) >= 11 is 0. The lowest BCUT2D eigenvalue weighted by atomic mass is 10.1. The Morgan fingerprint density at radius 1 is 1.32 bits per heavy atom. The van der Waals surface area contributed by atoms with E-state index in [4.69, 9.17) is 0 Å². The Bertz CT molecular complexity index is 638. The summed E-state index contributed by atoms with van der Waals surface area (Å²) in [7, 11) is -1.75. The smallest absolute Gasteiger partial charge is 0.278 e. The molecule has 0 aliphatic carbocycles. The molecule has 19 heavy (non-hydrogen) atoms. The molecule has 0 spiro atoms. The summed E-state index contributed by atoms with van der Waals surface area (Å²) in [5.41, 5.74) is 1.53. The van der Waals surface area contributed by atoms with Gasteiger partial charge in [0.1, 0.15) is 0 Å². The van der Waals surface area contributed by atoms with E-state index in [9.17, 15) is 8.42 Å². The quantitative estimate of drug-likeness (QED) is 0.774. The van der Waals surface area contributed by atoms with Crippen LogP contribution in [0, 0.1) is 0 Å². The lowest BCUT2D eigenvalue weighted by Crippen LogP contribution is -2.15. The molecule has 0 aliphatic rings. The Hall–Kier alpha value is -1.86. The van der Waals surface area contributed by atoms with Gasteiger partial charge in [0.2, 0.25) is 0 Å². The molecule has 0 radical (unpaired) electrons. The van der Waals surface area contributed by atoms with Gasteiger partial charge in [-0.3, -0.25) is 9.82 Å². The second kappa shape index (κ2) is 5.41. The molecule has 1 aromatic carbocycles. The highest BCUT2D eigenvalue weighted by Gasteiger charge is 2.15. The maximum absolute atomic E-state index is 12.0. The third-order valence-corrected chi connectivity index (χ3v) is 4.15. The second-order valence-electron chi connectivity index (χ2n) is 4.16. The number of hydrogen-bond acceptors (Lipinski definition) is 4. The molecule has 1 heterocycles. The highest BCUT2D eigenvalue weighted by atomic mass is 32.2. The number of aromatic nitrogens is 2. The first-order chi connectivity index (χ1) is 9.03. The van der Waals surface area contributed by atoms with Crippen LogP contribution >= 0.6 is 0 Å². The zero-order valence-electron chi connectivity index (χ0n) is 10.7. The van der Waals surface area contributed by atoms with Crippen molar-refractivity contribution < 1.29 is 8.42 Å².